The lowest BCUT2D eigenvalue weighted by molar-refractivity contribution is -0.118. The summed E-state index contributed by atoms with van der Waals surface area (Å²) in [7, 11) is 0. The topological polar surface area (TPSA) is 29.1 Å². The highest BCUT2D eigenvalue weighted by molar-refractivity contribution is 6.00. The molecule has 0 radical (unpaired) electrons. The maximum atomic E-state index is 10.8. The molecular formula is C9H15NO. The van der Waals surface area contributed by atoms with Crippen LogP contribution in [0.1, 0.15) is 26.7 Å². The molecule has 11 heavy (non-hydrogen) atoms. The Bertz CT molecular complexity index is 184. The lowest BCUT2D eigenvalue weighted by atomic mass is 9.91. The summed E-state index contributed by atoms with van der Waals surface area (Å²) >= 11 is 0. The number of ketones is 1. The summed E-state index contributed by atoms with van der Waals surface area (Å²) in [6, 6.07) is 0. The average Bonchev–Trinajstić information content (AvgIpc) is 2.03. The molecule has 0 aromatic rings. The Morgan fingerprint density at radius 1 is 1.64 bits per heavy atom. The second-order valence-corrected chi connectivity index (χ2v) is 3.00. The molecule has 1 aliphatic carbocycles. The average molecular weight is 153 g/mol. The van der Waals surface area contributed by atoms with Crippen molar-refractivity contribution in [2.75, 3.05) is 6.54 Å². The van der Waals surface area contributed by atoms with E-state index in [9.17, 15) is 4.79 Å². The minimum atomic E-state index is 0.131. The molecule has 2 heteroatoms. The normalized spacial score (nSPS) is 22.5. The van der Waals surface area contributed by atoms with Crippen LogP contribution in [0.5, 0.6) is 0 Å². The number of nitrogens with one attached hydrogen (secondary N) is 1. The first-order valence-electron chi connectivity index (χ1n) is 4.25. The first-order valence-corrected chi connectivity index (χ1v) is 4.25. The van der Waals surface area contributed by atoms with Crippen molar-refractivity contribution >= 4 is 5.78 Å². The van der Waals surface area contributed by atoms with Gasteiger partial charge in [0.05, 0.1) is 5.92 Å². The molecule has 0 saturated carbocycles. The zero-order chi connectivity index (χ0) is 8.27. The van der Waals surface area contributed by atoms with Crippen LogP contribution in [0.25, 0.3) is 0 Å². The van der Waals surface area contributed by atoms with Gasteiger partial charge in [-0.15, -0.1) is 0 Å². The van der Waals surface area contributed by atoms with Crippen LogP contribution in [0.3, 0.4) is 0 Å². The van der Waals surface area contributed by atoms with Gasteiger partial charge in [0, 0.05) is 18.3 Å². The minimum Gasteiger partial charge on any atom is -0.388 e. The van der Waals surface area contributed by atoms with Gasteiger partial charge >= 0.3 is 0 Å². The molecule has 1 unspecified atom stereocenters. The fraction of sp³-hybridized carbons (Fsp3) is 0.667. The van der Waals surface area contributed by atoms with E-state index in [-0.39, 0.29) is 11.7 Å². The maximum Gasteiger partial charge on any atom is 0.166 e. The van der Waals surface area contributed by atoms with Crippen LogP contribution in [0.2, 0.25) is 0 Å². The molecule has 0 fully saturated rings. The fourth-order valence-electron chi connectivity index (χ4n) is 1.07. The van der Waals surface area contributed by atoms with Gasteiger partial charge in [0.1, 0.15) is 0 Å². The molecule has 0 saturated heterocycles. The van der Waals surface area contributed by atoms with Gasteiger partial charge in [0.15, 0.2) is 5.78 Å². The van der Waals surface area contributed by atoms with Crippen LogP contribution in [0, 0.1) is 5.92 Å². The smallest absolute Gasteiger partial charge is 0.166 e. The molecule has 1 N–H and O–H groups in total. The second-order valence-electron chi connectivity index (χ2n) is 3.00. The predicted octanol–water partition coefficient (Wildman–Crippen LogP) is 1.48. The monoisotopic (exact) mass is 153 g/mol. The van der Waals surface area contributed by atoms with E-state index in [1.807, 2.05) is 6.92 Å². The van der Waals surface area contributed by atoms with Crippen LogP contribution in [0.15, 0.2) is 11.8 Å². The number of rotatable bonds is 4. The van der Waals surface area contributed by atoms with E-state index in [0.717, 1.165) is 12.2 Å². The number of carbonyl (C=O) groups is 1. The molecule has 1 atom stereocenters. The molecule has 0 heterocycles. The molecule has 0 spiro atoms. The Labute approximate surface area is 67.7 Å². The summed E-state index contributed by atoms with van der Waals surface area (Å²) in [5, 5.41) is 3.24. The Balaban J connectivity index is 2.19. The summed E-state index contributed by atoms with van der Waals surface area (Å²) < 4.78 is 0. The van der Waals surface area contributed by atoms with Gasteiger partial charge in [-0.25, -0.2) is 0 Å². The minimum absolute atomic E-state index is 0.131. The third-order valence-electron chi connectivity index (χ3n) is 2.05. The van der Waals surface area contributed by atoms with Gasteiger partial charge in [-0.05, 0) is 13.3 Å². The van der Waals surface area contributed by atoms with Crippen molar-refractivity contribution in [2.45, 2.75) is 26.7 Å². The SMILES string of the molecule is CCCCNC1=CC(=O)C1C. The van der Waals surface area contributed by atoms with Gasteiger partial charge in [-0.3, -0.25) is 4.79 Å². The van der Waals surface area contributed by atoms with Gasteiger partial charge in [-0.1, -0.05) is 13.3 Å². The number of unbranched alkanes of at least 4 members (excludes halogenated alkanes) is 1. The fourth-order valence-corrected chi connectivity index (χ4v) is 1.07. The van der Waals surface area contributed by atoms with E-state index in [0.29, 0.717) is 0 Å². The van der Waals surface area contributed by atoms with Gasteiger partial charge in [0.25, 0.3) is 0 Å². The molecule has 0 bridgehead atoms. The highest BCUT2D eigenvalue weighted by Crippen LogP contribution is 2.19. The van der Waals surface area contributed by atoms with E-state index in [1.165, 1.54) is 12.8 Å². The first kappa shape index (κ1) is 8.31. The molecule has 0 aliphatic heterocycles. The van der Waals surface area contributed by atoms with Crippen LogP contribution in [-0.2, 0) is 4.79 Å². The summed E-state index contributed by atoms with van der Waals surface area (Å²) in [6.07, 6.45) is 4.07. The number of hydrogen-bond acceptors (Lipinski definition) is 2. The molecular weight excluding hydrogens is 138 g/mol. The molecule has 0 aromatic carbocycles. The van der Waals surface area contributed by atoms with E-state index in [4.69, 9.17) is 0 Å². The predicted molar refractivity (Wildman–Crippen MR) is 45.2 cm³/mol. The van der Waals surface area contributed by atoms with Crippen molar-refractivity contribution in [3.05, 3.63) is 11.8 Å². The Morgan fingerprint density at radius 2 is 2.36 bits per heavy atom. The quantitative estimate of drug-likeness (QED) is 0.620. The summed E-state index contributed by atoms with van der Waals surface area (Å²) in [4.78, 5) is 10.8. The van der Waals surface area contributed by atoms with Crippen molar-refractivity contribution in [3.8, 4) is 0 Å². The Kier molecular flexibility index (Phi) is 2.69. The third kappa shape index (κ3) is 1.82. The maximum absolute atomic E-state index is 10.8. The van der Waals surface area contributed by atoms with Crippen molar-refractivity contribution in [1.29, 1.82) is 0 Å². The molecule has 0 amide bonds. The molecule has 62 valence electrons. The van der Waals surface area contributed by atoms with Gasteiger partial charge in [-0.2, -0.15) is 0 Å². The van der Waals surface area contributed by atoms with Gasteiger partial charge in [0.2, 0.25) is 0 Å². The van der Waals surface area contributed by atoms with Crippen molar-refractivity contribution in [1.82, 2.24) is 5.32 Å². The Morgan fingerprint density at radius 3 is 2.82 bits per heavy atom. The molecule has 1 rings (SSSR count). The van der Waals surface area contributed by atoms with E-state index >= 15 is 0 Å². The zero-order valence-electron chi connectivity index (χ0n) is 7.18. The molecule has 2 nitrogen and oxygen atoms in total. The summed E-state index contributed by atoms with van der Waals surface area (Å²) in [5.41, 5.74) is 1.11. The van der Waals surface area contributed by atoms with Crippen molar-refractivity contribution in [2.24, 2.45) is 5.92 Å². The van der Waals surface area contributed by atoms with Crippen LogP contribution < -0.4 is 5.32 Å². The Hall–Kier alpha value is -0.790. The largest absolute Gasteiger partial charge is 0.388 e. The van der Waals surface area contributed by atoms with Crippen LogP contribution in [0.4, 0.5) is 0 Å². The van der Waals surface area contributed by atoms with E-state index < -0.39 is 0 Å². The first-order chi connectivity index (χ1) is 5.25. The summed E-state index contributed by atoms with van der Waals surface area (Å²) in [5.74, 6) is 0.385. The number of hydrogen-bond donors (Lipinski definition) is 1. The second kappa shape index (κ2) is 3.56. The van der Waals surface area contributed by atoms with E-state index in [2.05, 4.69) is 12.2 Å². The highest BCUT2D eigenvalue weighted by atomic mass is 16.1. The van der Waals surface area contributed by atoms with Crippen LogP contribution >= 0.6 is 0 Å². The lowest BCUT2D eigenvalue weighted by Gasteiger charge is -2.22. The molecule has 1 aliphatic rings. The van der Waals surface area contributed by atoms with Crippen molar-refractivity contribution in [3.63, 3.8) is 0 Å². The van der Waals surface area contributed by atoms with Gasteiger partial charge < -0.3 is 5.32 Å². The highest BCUT2D eigenvalue weighted by Gasteiger charge is 2.24. The molecule has 0 aromatic heterocycles. The number of carbonyl (C=O) groups excluding carboxylic acids is 1. The van der Waals surface area contributed by atoms with E-state index in [1.54, 1.807) is 6.08 Å². The van der Waals surface area contributed by atoms with Crippen molar-refractivity contribution < 1.29 is 4.79 Å². The lowest BCUT2D eigenvalue weighted by Crippen LogP contribution is -2.32. The van der Waals surface area contributed by atoms with Crippen LogP contribution in [-0.4, -0.2) is 12.3 Å². The zero-order valence-corrected chi connectivity index (χ0v) is 7.18. The standard InChI is InChI=1S/C9H15NO/c1-3-4-5-10-8-6-9(11)7(8)2/h6-7,10H,3-5H2,1-2H3. The summed E-state index contributed by atoms with van der Waals surface area (Å²) in [6.45, 7) is 5.10. The number of allylic oxidation sites excluding steroid dienone is 2. The third-order valence-corrected chi connectivity index (χ3v) is 2.05.